The molecule has 1 atom stereocenters. The number of benzene rings is 1. The van der Waals surface area contributed by atoms with E-state index in [0.29, 0.717) is 15.7 Å². The van der Waals surface area contributed by atoms with Crippen LogP contribution in [0.3, 0.4) is 0 Å². The van der Waals surface area contributed by atoms with E-state index < -0.39 is 11.9 Å². The first-order valence-corrected chi connectivity index (χ1v) is 5.97. The highest BCUT2D eigenvalue weighted by Crippen LogP contribution is 2.29. The summed E-state index contributed by atoms with van der Waals surface area (Å²) in [5.74, 6) is -0.482. The van der Waals surface area contributed by atoms with Crippen LogP contribution in [0.15, 0.2) is 28.9 Å². The molecule has 1 unspecified atom stereocenters. The van der Waals surface area contributed by atoms with Gasteiger partial charge in [-0.05, 0) is 39.7 Å². The summed E-state index contributed by atoms with van der Waals surface area (Å²) in [6.45, 7) is 0. The van der Waals surface area contributed by atoms with Gasteiger partial charge in [0.15, 0.2) is 0 Å². The fraction of sp³-hybridized carbons (Fsp3) is 0.182. The third-order valence-corrected chi connectivity index (χ3v) is 3.23. The number of nitrogens with zero attached hydrogens (tertiary/aromatic N) is 2. The van der Waals surface area contributed by atoms with Crippen LogP contribution in [0.2, 0.25) is 5.02 Å². The topological polar surface area (TPSA) is 38.0 Å². The molecule has 1 aromatic carbocycles. The van der Waals surface area contributed by atoms with Crippen LogP contribution in [-0.2, 0) is 7.05 Å². The number of rotatable bonds is 2. The Bertz CT molecular complexity index is 519. The van der Waals surface area contributed by atoms with Gasteiger partial charge in [-0.3, -0.25) is 4.68 Å². The van der Waals surface area contributed by atoms with E-state index in [-0.39, 0.29) is 5.02 Å². The predicted octanol–water partition coefficient (Wildman–Crippen LogP) is 3.06. The zero-order valence-corrected chi connectivity index (χ0v) is 11.2. The van der Waals surface area contributed by atoms with Gasteiger partial charge in [0, 0.05) is 12.1 Å². The Morgan fingerprint density at radius 1 is 1.47 bits per heavy atom. The Balaban J connectivity index is 2.47. The van der Waals surface area contributed by atoms with Crippen molar-refractivity contribution in [2.75, 3.05) is 0 Å². The summed E-state index contributed by atoms with van der Waals surface area (Å²) in [6, 6.07) is 3.96. The molecule has 0 radical (unpaired) electrons. The van der Waals surface area contributed by atoms with Crippen molar-refractivity contribution in [2.24, 2.45) is 7.05 Å². The fourth-order valence-corrected chi connectivity index (χ4v) is 2.41. The Morgan fingerprint density at radius 3 is 2.71 bits per heavy atom. The SMILES string of the molecule is Cn1ncc(Br)c1C(O)c1cc(F)cc(Cl)c1. The fourth-order valence-electron chi connectivity index (χ4n) is 1.62. The number of aliphatic hydroxyl groups excluding tert-OH is 1. The monoisotopic (exact) mass is 318 g/mol. The second-order valence-corrected chi connectivity index (χ2v) is 4.90. The Kier molecular flexibility index (Phi) is 3.51. The number of hydrogen-bond donors (Lipinski definition) is 1. The van der Waals surface area contributed by atoms with Gasteiger partial charge < -0.3 is 5.11 Å². The zero-order chi connectivity index (χ0) is 12.6. The minimum atomic E-state index is -0.981. The molecule has 1 aromatic heterocycles. The molecule has 6 heteroatoms. The van der Waals surface area contributed by atoms with E-state index in [2.05, 4.69) is 21.0 Å². The normalized spacial score (nSPS) is 12.8. The molecule has 0 saturated heterocycles. The number of aliphatic hydroxyl groups is 1. The van der Waals surface area contributed by atoms with Crippen molar-refractivity contribution in [1.82, 2.24) is 9.78 Å². The van der Waals surface area contributed by atoms with E-state index in [1.54, 1.807) is 13.2 Å². The molecule has 0 fully saturated rings. The number of aromatic nitrogens is 2. The molecule has 90 valence electrons. The quantitative estimate of drug-likeness (QED) is 0.924. The Labute approximate surface area is 111 Å². The lowest BCUT2D eigenvalue weighted by Gasteiger charge is -2.12. The standard InChI is InChI=1S/C11H9BrClFN2O/c1-16-10(9(12)5-15-16)11(17)6-2-7(13)4-8(14)3-6/h2-5,11,17H,1H3. The maximum Gasteiger partial charge on any atom is 0.125 e. The third kappa shape index (κ3) is 2.51. The van der Waals surface area contributed by atoms with Gasteiger partial charge in [0.25, 0.3) is 0 Å². The molecular formula is C11H9BrClFN2O. The molecule has 0 aliphatic heterocycles. The summed E-state index contributed by atoms with van der Waals surface area (Å²) in [7, 11) is 1.70. The molecule has 3 nitrogen and oxygen atoms in total. The van der Waals surface area contributed by atoms with Gasteiger partial charge in [0.1, 0.15) is 11.9 Å². The molecule has 0 aliphatic carbocycles. The van der Waals surface area contributed by atoms with Crippen LogP contribution in [-0.4, -0.2) is 14.9 Å². The second kappa shape index (κ2) is 4.76. The molecule has 1 N–H and O–H groups in total. The van der Waals surface area contributed by atoms with Crippen LogP contribution < -0.4 is 0 Å². The largest absolute Gasteiger partial charge is 0.382 e. The molecule has 17 heavy (non-hydrogen) atoms. The van der Waals surface area contributed by atoms with Crippen LogP contribution >= 0.6 is 27.5 Å². The third-order valence-electron chi connectivity index (χ3n) is 2.40. The molecule has 0 bridgehead atoms. The highest BCUT2D eigenvalue weighted by molar-refractivity contribution is 9.10. The smallest absolute Gasteiger partial charge is 0.125 e. The van der Waals surface area contributed by atoms with Crippen molar-refractivity contribution in [3.05, 3.63) is 51.0 Å². The van der Waals surface area contributed by atoms with E-state index in [1.165, 1.54) is 22.9 Å². The van der Waals surface area contributed by atoms with Gasteiger partial charge in [-0.1, -0.05) is 11.6 Å². The lowest BCUT2D eigenvalue weighted by Crippen LogP contribution is -2.07. The maximum absolute atomic E-state index is 13.2. The van der Waals surface area contributed by atoms with Crippen LogP contribution in [0, 0.1) is 5.82 Å². The second-order valence-electron chi connectivity index (χ2n) is 3.61. The van der Waals surface area contributed by atoms with E-state index >= 15 is 0 Å². The summed E-state index contributed by atoms with van der Waals surface area (Å²) < 4.78 is 15.4. The van der Waals surface area contributed by atoms with Crippen LogP contribution in [0.1, 0.15) is 17.4 Å². The lowest BCUT2D eigenvalue weighted by atomic mass is 10.1. The van der Waals surface area contributed by atoms with Crippen LogP contribution in [0.4, 0.5) is 4.39 Å². The van der Waals surface area contributed by atoms with E-state index in [0.717, 1.165) is 0 Å². The highest BCUT2D eigenvalue weighted by atomic mass is 79.9. The first-order valence-electron chi connectivity index (χ1n) is 4.80. The highest BCUT2D eigenvalue weighted by Gasteiger charge is 2.19. The van der Waals surface area contributed by atoms with Gasteiger partial charge in [-0.25, -0.2) is 4.39 Å². The average Bonchev–Trinajstić information content (AvgIpc) is 2.56. The van der Waals surface area contributed by atoms with Gasteiger partial charge >= 0.3 is 0 Å². The molecule has 0 amide bonds. The summed E-state index contributed by atoms with van der Waals surface area (Å²) in [5.41, 5.74) is 0.936. The average molecular weight is 320 g/mol. The molecule has 1 heterocycles. The van der Waals surface area contributed by atoms with Gasteiger partial charge in [-0.15, -0.1) is 0 Å². The van der Waals surface area contributed by atoms with Gasteiger partial charge in [-0.2, -0.15) is 5.10 Å². The van der Waals surface area contributed by atoms with Crippen molar-refractivity contribution in [1.29, 1.82) is 0 Å². The van der Waals surface area contributed by atoms with Crippen molar-refractivity contribution in [3.63, 3.8) is 0 Å². The number of aryl methyl sites for hydroxylation is 1. The molecule has 0 saturated carbocycles. The molecule has 0 spiro atoms. The molecular weight excluding hydrogens is 310 g/mol. The van der Waals surface area contributed by atoms with Crippen LogP contribution in [0.25, 0.3) is 0 Å². The summed E-state index contributed by atoms with van der Waals surface area (Å²) in [5, 5.41) is 14.4. The predicted molar refractivity (Wildman–Crippen MR) is 66.4 cm³/mol. The summed E-state index contributed by atoms with van der Waals surface area (Å²) >= 11 is 9.03. The van der Waals surface area contributed by atoms with E-state index in [1.807, 2.05) is 0 Å². The van der Waals surface area contributed by atoms with Crippen molar-refractivity contribution >= 4 is 27.5 Å². The van der Waals surface area contributed by atoms with Crippen LogP contribution in [0.5, 0.6) is 0 Å². The first-order chi connectivity index (χ1) is 7.99. The minimum absolute atomic E-state index is 0.248. The van der Waals surface area contributed by atoms with Crippen molar-refractivity contribution < 1.29 is 9.50 Å². The lowest BCUT2D eigenvalue weighted by molar-refractivity contribution is 0.208. The first kappa shape index (κ1) is 12.5. The van der Waals surface area contributed by atoms with Crippen molar-refractivity contribution in [3.8, 4) is 0 Å². The van der Waals surface area contributed by atoms with Crippen molar-refractivity contribution in [2.45, 2.75) is 6.10 Å². The maximum atomic E-state index is 13.2. The molecule has 0 aliphatic rings. The minimum Gasteiger partial charge on any atom is -0.382 e. The number of hydrogen-bond acceptors (Lipinski definition) is 2. The Hall–Kier alpha value is -0.910. The summed E-state index contributed by atoms with van der Waals surface area (Å²) in [6.07, 6.45) is 0.587. The Morgan fingerprint density at radius 2 is 2.18 bits per heavy atom. The molecule has 2 aromatic rings. The van der Waals surface area contributed by atoms with E-state index in [9.17, 15) is 9.50 Å². The summed E-state index contributed by atoms with van der Waals surface area (Å²) in [4.78, 5) is 0. The number of halogens is 3. The zero-order valence-electron chi connectivity index (χ0n) is 8.86. The van der Waals surface area contributed by atoms with Gasteiger partial charge in [0.05, 0.1) is 16.4 Å². The van der Waals surface area contributed by atoms with Gasteiger partial charge in [0.2, 0.25) is 0 Å². The molecule has 2 rings (SSSR count). The van der Waals surface area contributed by atoms with E-state index in [4.69, 9.17) is 11.6 Å².